The molecule has 0 atom stereocenters. The van der Waals surface area contributed by atoms with Crippen molar-refractivity contribution in [2.24, 2.45) is 0 Å². The minimum atomic E-state index is 0.757. The highest BCUT2D eigenvalue weighted by Gasteiger charge is 2.03. The highest BCUT2D eigenvalue weighted by molar-refractivity contribution is 9.11. The van der Waals surface area contributed by atoms with Crippen molar-refractivity contribution in [2.75, 3.05) is 17.2 Å². The average molecular weight is 386 g/mol. The Morgan fingerprint density at radius 3 is 2.68 bits per heavy atom. The highest BCUT2D eigenvalue weighted by Crippen LogP contribution is 2.28. The first kappa shape index (κ1) is 14.3. The van der Waals surface area contributed by atoms with E-state index in [0.29, 0.717) is 0 Å². The van der Waals surface area contributed by atoms with Gasteiger partial charge in [0.15, 0.2) is 0 Å². The SMILES string of the molecule is CCCNc1cc(Nc2cc(Br)ccc2Br)ncn1. The molecule has 6 heteroatoms. The lowest BCUT2D eigenvalue weighted by Crippen LogP contribution is -2.03. The number of halogens is 2. The van der Waals surface area contributed by atoms with Gasteiger partial charge >= 0.3 is 0 Å². The molecule has 19 heavy (non-hydrogen) atoms. The third-order valence-electron chi connectivity index (χ3n) is 2.41. The van der Waals surface area contributed by atoms with E-state index in [1.54, 1.807) is 6.33 Å². The molecule has 0 aliphatic heterocycles. The molecule has 2 aromatic rings. The molecule has 1 heterocycles. The fraction of sp³-hybridized carbons (Fsp3) is 0.231. The number of rotatable bonds is 5. The van der Waals surface area contributed by atoms with Crippen molar-refractivity contribution >= 4 is 49.2 Å². The van der Waals surface area contributed by atoms with Crippen LogP contribution in [0, 0.1) is 0 Å². The van der Waals surface area contributed by atoms with Crippen molar-refractivity contribution < 1.29 is 0 Å². The van der Waals surface area contributed by atoms with Gasteiger partial charge in [-0.25, -0.2) is 9.97 Å². The Bertz CT molecular complexity index is 560. The van der Waals surface area contributed by atoms with Crippen molar-refractivity contribution in [3.63, 3.8) is 0 Å². The third kappa shape index (κ3) is 4.18. The summed E-state index contributed by atoms with van der Waals surface area (Å²) in [6.07, 6.45) is 2.61. The second-order valence-corrected chi connectivity index (χ2v) is 5.73. The molecule has 0 bridgehead atoms. The van der Waals surface area contributed by atoms with Gasteiger partial charge in [0.1, 0.15) is 18.0 Å². The zero-order chi connectivity index (χ0) is 13.7. The molecule has 1 aromatic carbocycles. The molecule has 100 valence electrons. The number of benzene rings is 1. The summed E-state index contributed by atoms with van der Waals surface area (Å²) >= 11 is 6.96. The van der Waals surface area contributed by atoms with E-state index < -0.39 is 0 Å². The smallest absolute Gasteiger partial charge is 0.135 e. The molecular weight excluding hydrogens is 372 g/mol. The summed E-state index contributed by atoms with van der Waals surface area (Å²) < 4.78 is 1.99. The van der Waals surface area contributed by atoms with Crippen LogP contribution in [0.1, 0.15) is 13.3 Å². The van der Waals surface area contributed by atoms with E-state index in [-0.39, 0.29) is 0 Å². The molecule has 0 radical (unpaired) electrons. The Hall–Kier alpha value is -1.14. The fourth-order valence-corrected chi connectivity index (χ4v) is 2.21. The largest absolute Gasteiger partial charge is 0.370 e. The molecule has 0 saturated carbocycles. The quantitative estimate of drug-likeness (QED) is 0.791. The van der Waals surface area contributed by atoms with E-state index in [0.717, 1.165) is 39.2 Å². The van der Waals surface area contributed by atoms with E-state index in [1.165, 1.54) is 0 Å². The van der Waals surface area contributed by atoms with Gasteiger partial charge in [0.05, 0.1) is 5.69 Å². The summed E-state index contributed by atoms with van der Waals surface area (Å²) in [5.74, 6) is 1.58. The van der Waals surface area contributed by atoms with Gasteiger partial charge < -0.3 is 10.6 Å². The number of nitrogens with zero attached hydrogens (tertiary/aromatic N) is 2. The van der Waals surface area contributed by atoms with Gasteiger partial charge in [0.25, 0.3) is 0 Å². The topological polar surface area (TPSA) is 49.8 Å². The molecule has 0 aliphatic rings. The Kier molecular flexibility index (Phi) is 5.15. The summed E-state index contributed by atoms with van der Waals surface area (Å²) in [5, 5.41) is 6.50. The highest BCUT2D eigenvalue weighted by atomic mass is 79.9. The maximum Gasteiger partial charge on any atom is 0.135 e. The van der Waals surface area contributed by atoms with E-state index in [2.05, 4.69) is 59.4 Å². The normalized spacial score (nSPS) is 10.3. The predicted molar refractivity (Wildman–Crippen MR) is 85.9 cm³/mol. The Balaban J connectivity index is 2.16. The van der Waals surface area contributed by atoms with Gasteiger partial charge in [-0.3, -0.25) is 0 Å². The molecule has 0 fully saturated rings. The van der Waals surface area contributed by atoms with Crippen molar-refractivity contribution in [3.8, 4) is 0 Å². The van der Waals surface area contributed by atoms with Crippen LogP contribution in [-0.4, -0.2) is 16.5 Å². The lowest BCUT2D eigenvalue weighted by molar-refractivity contribution is 0.965. The molecule has 4 nitrogen and oxygen atoms in total. The van der Waals surface area contributed by atoms with Crippen LogP contribution in [-0.2, 0) is 0 Å². The second-order valence-electron chi connectivity index (χ2n) is 3.96. The molecule has 1 aromatic heterocycles. The predicted octanol–water partition coefficient (Wildman–Crippen LogP) is 4.57. The van der Waals surface area contributed by atoms with E-state index in [4.69, 9.17) is 0 Å². The monoisotopic (exact) mass is 384 g/mol. The summed E-state index contributed by atoms with van der Waals surface area (Å²) in [6.45, 7) is 3.02. The van der Waals surface area contributed by atoms with Gasteiger partial charge in [0.2, 0.25) is 0 Å². The van der Waals surface area contributed by atoms with Gasteiger partial charge in [0, 0.05) is 21.6 Å². The fourth-order valence-electron chi connectivity index (χ4n) is 1.51. The number of hydrogen-bond acceptors (Lipinski definition) is 4. The van der Waals surface area contributed by atoms with Crippen LogP contribution >= 0.6 is 31.9 Å². The average Bonchev–Trinajstić information content (AvgIpc) is 2.41. The van der Waals surface area contributed by atoms with Crippen molar-refractivity contribution in [3.05, 3.63) is 39.5 Å². The summed E-state index contributed by atoms with van der Waals surface area (Å²) in [6, 6.07) is 7.83. The van der Waals surface area contributed by atoms with Crippen molar-refractivity contribution in [1.82, 2.24) is 9.97 Å². The van der Waals surface area contributed by atoms with E-state index in [1.807, 2.05) is 24.3 Å². The van der Waals surface area contributed by atoms with Crippen LogP contribution in [0.25, 0.3) is 0 Å². The van der Waals surface area contributed by atoms with Crippen molar-refractivity contribution in [1.29, 1.82) is 0 Å². The minimum absolute atomic E-state index is 0.757. The first-order chi connectivity index (χ1) is 9.19. The number of aromatic nitrogens is 2. The Morgan fingerprint density at radius 1 is 1.11 bits per heavy atom. The third-order valence-corrected chi connectivity index (χ3v) is 3.60. The number of nitrogens with one attached hydrogen (secondary N) is 2. The molecule has 0 spiro atoms. The van der Waals surface area contributed by atoms with E-state index >= 15 is 0 Å². The zero-order valence-electron chi connectivity index (χ0n) is 10.5. The van der Waals surface area contributed by atoms with E-state index in [9.17, 15) is 0 Å². The van der Waals surface area contributed by atoms with Crippen LogP contribution in [0.5, 0.6) is 0 Å². The lowest BCUT2D eigenvalue weighted by atomic mass is 10.3. The minimum Gasteiger partial charge on any atom is -0.370 e. The second kappa shape index (κ2) is 6.86. The standard InChI is InChI=1S/C13H14Br2N4/c1-2-5-16-12-7-13(18-8-17-12)19-11-6-9(14)3-4-10(11)15/h3-4,6-8H,2,5H2,1H3,(H2,16,17,18,19). The summed E-state index contributed by atoms with van der Waals surface area (Å²) in [4.78, 5) is 8.39. The van der Waals surface area contributed by atoms with Crippen LogP contribution in [0.3, 0.4) is 0 Å². The molecular formula is C13H14Br2N4. The van der Waals surface area contributed by atoms with Crippen LogP contribution < -0.4 is 10.6 Å². The first-order valence-electron chi connectivity index (χ1n) is 5.97. The maximum atomic E-state index is 4.22. The Labute approximate surface area is 129 Å². The summed E-state index contributed by atoms with van der Waals surface area (Å²) in [5.41, 5.74) is 0.953. The van der Waals surface area contributed by atoms with Crippen LogP contribution in [0.4, 0.5) is 17.3 Å². The lowest BCUT2D eigenvalue weighted by Gasteiger charge is -2.10. The molecule has 0 saturated heterocycles. The maximum absolute atomic E-state index is 4.22. The van der Waals surface area contributed by atoms with Gasteiger partial charge in [-0.05, 0) is 40.5 Å². The molecule has 0 amide bonds. The van der Waals surface area contributed by atoms with Crippen LogP contribution in [0.2, 0.25) is 0 Å². The van der Waals surface area contributed by atoms with Gasteiger partial charge in [-0.2, -0.15) is 0 Å². The molecule has 0 aliphatic carbocycles. The number of hydrogen-bond donors (Lipinski definition) is 2. The summed E-state index contributed by atoms with van der Waals surface area (Å²) in [7, 11) is 0. The Morgan fingerprint density at radius 2 is 1.89 bits per heavy atom. The molecule has 2 N–H and O–H groups in total. The molecule has 2 rings (SSSR count). The van der Waals surface area contributed by atoms with Crippen molar-refractivity contribution in [2.45, 2.75) is 13.3 Å². The number of anilines is 3. The zero-order valence-corrected chi connectivity index (χ0v) is 13.6. The van der Waals surface area contributed by atoms with Crippen LogP contribution in [0.15, 0.2) is 39.5 Å². The molecule has 0 unspecified atom stereocenters. The first-order valence-corrected chi connectivity index (χ1v) is 7.55. The van der Waals surface area contributed by atoms with Gasteiger partial charge in [-0.15, -0.1) is 0 Å². The van der Waals surface area contributed by atoms with Gasteiger partial charge in [-0.1, -0.05) is 22.9 Å².